The second kappa shape index (κ2) is 4.36. The van der Waals surface area contributed by atoms with Gasteiger partial charge in [0.1, 0.15) is 0 Å². The van der Waals surface area contributed by atoms with Gasteiger partial charge in [-0.3, -0.25) is 4.79 Å². The van der Waals surface area contributed by atoms with Crippen LogP contribution in [0.25, 0.3) is 0 Å². The Morgan fingerprint density at radius 3 is 1.85 bits per heavy atom. The van der Waals surface area contributed by atoms with Gasteiger partial charge in [-0.05, 0) is 26.2 Å². The van der Waals surface area contributed by atoms with Crippen LogP contribution in [0.5, 0.6) is 0 Å². The third-order valence-electron chi connectivity index (χ3n) is 1.67. The lowest BCUT2D eigenvalue weighted by Gasteiger charge is -2.29. The van der Waals surface area contributed by atoms with Gasteiger partial charge in [0.2, 0.25) is 0 Å². The highest BCUT2D eigenvalue weighted by Crippen LogP contribution is 2.16. The van der Waals surface area contributed by atoms with Crippen LogP contribution in [0.1, 0.15) is 0 Å². The molecule has 0 atom stereocenters. The first kappa shape index (κ1) is 12.8. The van der Waals surface area contributed by atoms with Crippen molar-refractivity contribution >= 4 is 22.5 Å². The van der Waals surface area contributed by atoms with E-state index < -0.39 is 16.9 Å². The monoisotopic (exact) mass is 222 g/mol. The molecule has 0 radical (unpaired) electrons. The van der Waals surface area contributed by atoms with Crippen molar-refractivity contribution in [2.45, 2.75) is 26.2 Å². The Bertz CT molecular complexity index is 191. The summed E-state index contributed by atoms with van der Waals surface area (Å²) in [6.07, 6.45) is 0. The molecule has 0 spiro atoms. The van der Waals surface area contributed by atoms with Gasteiger partial charge in [0.15, 0.2) is 0 Å². The molecular weight excluding hydrogens is 204 g/mol. The third-order valence-corrected chi connectivity index (χ3v) is 7.85. The minimum atomic E-state index is -2.39. The van der Waals surface area contributed by atoms with Gasteiger partial charge in [-0.15, -0.1) is 0 Å². The minimum Gasteiger partial charge on any atom is -0.471 e. The van der Waals surface area contributed by atoms with Crippen LogP contribution in [0.2, 0.25) is 26.2 Å². The molecule has 0 rings (SSSR count). The molecule has 0 amide bonds. The van der Waals surface area contributed by atoms with E-state index in [1.54, 1.807) is 7.11 Å². The molecule has 78 valence electrons. The maximum atomic E-state index is 11.3. The third kappa shape index (κ3) is 4.03. The standard InChI is InChI=1S/C7H18O4Si2/c1-9-7(8)12(3,4)11-13(5,6)10-2/h1-6H3. The molecule has 0 unspecified atom stereocenters. The number of carbonyl (C=O) groups excluding carboxylic acids is 1. The van der Waals surface area contributed by atoms with Gasteiger partial charge in [-0.2, -0.15) is 0 Å². The molecule has 4 nitrogen and oxygen atoms in total. The summed E-state index contributed by atoms with van der Waals surface area (Å²) in [5, 5.41) is 0. The molecule has 6 heteroatoms. The Hall–Kier alpha value is -0.176. The van der Waals surface area contributed by atoms with Crippen LogP contribution in [-0.4, -0.2) is 36.7 Å². The number of hydrogen-bond acceptors (Lipinski definition) is 4. The van der Waals surface area contributed by atoms with E-state index in [2.05, 4.69) is 4.74 Å². The Morgan fingerprint density at radius 2 is 1.54 bits per heavy atom. The topological polar surface area (TPSA) is 44.8 Å². The van der Waals surface area contributed by atoms with E-state index in [1.165, 1.54) is 7.11 Å². The summed E-state index contributed by atoms with van der Waals surface area (Å²) in [6.45, 7) is 7.44. The molecule has 0 aromatic carbocycles. The largest absolute Gasteiger partial charge is 0.471 e. The molecule has 13 heavy (non-hydrogen) atoms. The molecule has 0 fully saturated rings. The molecule has 0 aliphatic rings. The lowest BCUT2D eigenvalue weighted by molar-refractivity contribution is 0.189. The average Bonchev–Trinajstić information content (AvgIpc) is 2.01. The molecule has 0 aromatic heterocycles. The maximum Gasteiger partial charge on any atom is 0.321 e. The van der Waals surface area contributed by atoms with Gasteiger partial charge in [0, 0.05) is 7.11 Å². The first-order valence-corrected chi connectivity index (χ1v) is 9.81. The van der Waals surface area contributed by atoms with E-state index in [0.717, 1.165) is 0 Å². The Kier molecular flexibility index (Phi) is 4.30. The van der Waals surface area contributed by atoms with Crippen molar-refractivity contribution in [3.63, 3.8) is 0 Å². The smallest absolute Gasteiger partial charge is 0.321 e. The van der Waals surface area contributed by atoms with Crippen LogP contribution in [0.15, 0.2) is 0 Å². The van der Waals surface area contributed by atoms with E-state index in [-0.39, 0.29) is 5.59 Å². The van der Waals surface area contributed by atoms with Gasteiger partial charge in [0.05, 0.1) is 7.11 Å². The van der Waals surface area contributed by atoms with Crippen molar-refractivity contribution in [1.29, 1.82) is 0 Å². The van der Waals surface area contributed by atoms with E-state index >= 15 is 0 Å². The van der Waals surface area contributed by atoms with Crippen LogP contribution < -0.4 is 0 Å². The summed E-state index contributed by atoms with van der Waals surface area (Å²) in [5.74, 6) is 0. The zero-order valence-corrected chi connectivity index (χ0v) is 11.1. The molecule has 0 heterocycles. The van der Waals surface area contributed by atoms with Crippen molar-refractivity contribution in [3.05, 3.63) is 0 Å². The van der Waals surface area contributed by atoms with Crippen molar-refractivity contribution in [2.24, 2.45) is 0 Å². The molecular formula is C7H18O4Si2. The number of rotatable bonds is 4. The number of ether oxygens (including phenoxy) is 1. The molecule has 0 saturated carbocycles. The zero-order chi connectivity index (χ0) is 10.7. The Labute approximate surface area is 81.6 Å². The van der Waals surface area contributed by atoms with E-state index in [9.17, 15) is 4.79 Å². The summed E-state index contributed by atoms with van der Waals surface area (Å²) in [4.78, 5) is 11.3. The van der Waals surface area contributed by atoms with Crippen molar-refractivity contribution < 1.29 is 18.1 Å². The van der Waals surface area contributed by atoms with Crippen LogP contribution >= 0.6 is 0 Å². The summed E-state index contributed by atoms with van der Waals surface area (Å²) >= 11 is 0. The SMILES string of the molecule is COC(=O)[Si](C)(C)O[Si](C)(C)OC. The summed E-state index contributed by atoms with van der Waals surface area (Å²) < 4.78 is 15.6. The van der Waals surface area contributed by atoms with E-state index in [4.69, 9.17) is 8.54 Å². The molecule has 0 N–H and O–H groups in total. The lowest BCUT2D eigenvalue weighted by atomic mass is 11.5. The highest BCUT2D eigenvalue weighted by Gasteiger charge is 2.41. The molecule has 0 bridgehead atoms. The lowest BCUT2D eigenvalue weighted by Crippen LogP contribution is -2.51. The van der Waals surface area contributed by atoms with Gasteiger partial charge < -0.3 is 13.3 Å². The normalized spacial score (nSPS) is 12.8. The highest BCUT2D eigenvalue weighted by molar-refractivity contribution is 7.02. The van der Waals surface area contributed by atoms with Gasteiger partial charge in [0.25, 0.3) is 0 Å². The van der Waals surface area contributed by atoms with Crippen LogP contribution in [0.4, 0.5) is 4.79 Å². The number of hydrogen-bond donors (Lipinski definition) is 0. The molecule has 0 saturated heterocycles. The summed E-state index contributed by atoms with van der Waals surface area (Å²) in [7, 11) is -1.54. The average molecular weight is 222 g/mol. The second-order valence-electron chi connectivity index (χ2n) is 3.71. The fourth-order valence-corrected chi connectivity index (χ4v) is 7.02. The van der Waals surface area contributed by atoms with Crippen molar-refractivity contribution in [1.82, 2.24) is 0 Å². The zero-order valence-electron chi connectivity index (χ0n) is 9.13. The molecule has 0 aliphatic carbocycles. The van der Waals surface area contributed by atoms with Crippen molar-refractivity contribution in [2.75, 3.05) is 14.2 Å². The first-order chi connectivity index (χ1) is 5.75. The summed E-state index contributed by atoms with van der Waals surface area (Å²) in [5.41, 5.74) is -0.245. The molecule has 0 aromatic rings. The first-order valence-electron chi connectivity index (χ1n) is 4.09. The fraction of sp³-hybridized carbons (Fsp3) is 0.857. The fourth-order valence-electron chi connectivity index (χ4n) is 0.944. The maximum absolute atomic E-state index is 11.3. The summed E-state index contributed by atoms with van der Waals surface area (Å²) in [6, 6.07) is 0. The molecule has 0 aliphatic heterocycles. The highest BCUT2D eigenvalue weighted by atomic mass is 28.4. The van der Waals surface area contributed by atoms with Crippen LogP contribution in [0.3, 0.4) is 0 Å². The van der Waals surface area contributed by atoms with Crippen molar-refractivity contribution in [3.8, 4) is 0 Å². The minimum absolute atomic E-state index is 0.245. The van der Waals surface area contributed by atoms with E-state index in [0.29, 0.717) is 0 Å². The van der Waals surface area contributed by atoms with Crippen LogP contribution in [-0.2, 0) is 13.3 Å². The number of carbonyl (C=O) groups is 1. The van der Waals surface area contributed by atoms with Crippen LogP contribution in [0, 0.1) is 0 Å². The predicted octanol–water partition coefficient (Wildman–Crippen LogP) is 1.90. The number of methoxy groups -OCH3 is 1. The van der Waals surface area contributed by atoms with Gasteiger partial charge in [-0.1, -0.05) is 0 Å². The van der Waals surface area contributed by atoms with Gasteiger partial charge in [-0.25, -0.2) is 0 Å². The Balaban J connectivity index is 4.41. The Morgan fingerprint density at radius 1 is 1.08 bits per heavy atom. The van der Waals surface area contributed by atoms with E-state index in [1.807, 2.05) is 26.2 Å². The second-order valence-corrected chi connectivity index (χ2v) is 11.2. The quantitative estimate of drug-likeness (QED) is 0.682. The van der Waals surface area contributed by atoms with Gasteiger partial charge >= 0.3 is 22.5 Å². The predicted molar refractivity (Wildman–Crippen MR) is 55.5 cm³/mol.